The summed E-state index contributed by atoms with van der Waals surface area (Å²) in [5, 5.41) is 0. The molecule has 1 saturated carbocycles. The van der Waals surface area contributed by atoms with Crippen molar-refractivity contribution in [1.29, 1.82) is 0 Å². The monoisotopic (exact) mass is 285 g/mol. The molecular weight excluding hydrogens is 269 g/mol. The summed E-state index contributed by atoms with van der Waals surface area (Å²) in [7, 11) is 0. The number of carbonyl (C=O) groups excluding carboxylic acids is 1. The average Bonchev–Trinajstić information content (AvgIpc) is 3.28. The maximum absolute atomic E-state index is 13.4. The number of benzene rings is 1. The van der Waals surface area contributed by atoms with Gasteiger partial charge in [-0.25, -0.2) is 14.4 Å². The Morgan fingerprint density at radius 3 is 2.57 bits per heavy atom. The van der Waals surface area contributed by atoms with E-state index in [0.717, 1.165) is 18.4 Å². The van der Waals surface area contributed by atoms with E-state index in [4.69, 9.17) is 5.73 Å². The van der Waals surface area contributed by atoms with Crippen LogP contribution in [-0.2, 0) is 11.8 Å². The smallest absolute Gasteiger partial charge is 0.179 e. The van der Waals surface area contributed by atoms with E-state index in [1.54, 1.807) is 12.1 Å². The Balaban J connectivity index is 1.79. The van der Waals surface area contributed by atoms with E-state index in [2.05, 4.69) is 9.97 Å². The Morgan fingerprint density at radius 1 is 1.29 bits per heavy atom. The zero-order valence-corrected chi connectivity index (χ0v) is 11.6. The van der Waals surface area contributed by atoms with Gasteiger partial charge in [0, 0.05) is 24.2 Å². The van der Waals surface area contributed by atoms with Gasteiger partial charge in [0.25, 0.3) is 0 Å². The first-order valence-corrected chi connectivity index (χ1v) is 6.93. The van der Waals surface area contributed by atoms with Crippen molar-refractivity contribution in [3.63, 3.8) is 0 Å². The lowest BCUT2D eigenvalue weighted by molar-refractivity contribution is 0.100. The normalized spacial score (nSPS) is 15.7. The summed E-state index contributed by atoms with van der Waals surface area (Å²) in [4.78, 5) is 19.9. The molecule has 0 spiro atoms. The van der Waals surface area contributed by atoms with E-state index in [1.807, 2.05) is 6.07 Å². The van der Waals surface area contributed by atoms with Gasteiger partial charge in [-0.2, -0.15) is 0 Å². The standard InChI is InChI=1S/C16H16FN3O/c17-13-3-1-2-12(6-13)16(4-5-16)7-15-19-9-11(10-20-15)14(21)8-18/h1-3,6,9-10H,4-5,7-8,18H2. The quantitative estimate of drug-likeness (QED) is 0.853. The molecule has 1 aromatic carbocycles. The molecule has 0 saturated heterocycles. The molecular formula is C16H16FN3O. The SMILES string of the molecule is NCC(=O)c1cnc(CC2(c3cccc(F)c3)CC2)nc1. The van der Waals surface area contributed by atoms with Crippen LogP contribution in [0.4, 0.5) is 4.39 Å². The molecule has 2 N–H and O–H groups in total. The number of Topliss-reactive ketones (excluding diaryl/α,β-unsaturated/α-hetero) is 1. The molecule has 4 nitrogen and oxygen atoms in total. The third kappa shape index (κ3) is 2.83. The Hall–Kier alpha value is -2.14. The first kappa shape index (κ1) is 13.8. The summed E-state index contributed by atoms with van der Waals surface area (Å²) >= 11 is 0. The Labute approximate surface area is 122 Å². The molecule has 21 heavy (non-hydrogen) atoms. The molecule has 5 heteroatoms. The fraction of sp³-hybridized carbons (Fsp3) is 0.312. The molecule has 0 atom stereocenters. The average molecular weight is 285 g/mol. The van der Waals surface area contributed by atoms with Crippen molar-refractivity contribution in [1.82, 2.24) is 9.97 Å². The molecule has 3 rings (SSSR count). The largest absolute Gasteiger partial charge is 0.324 e. The van der Waals surface area contributed by atoms with Gasteiger partial charge in [0.1, 0.15) is 11.6 Å². The first-order valence-electron chi connectivity index (χ1n) is 6.93. The second-order valence-corrected chi connectivity index (χ2v) is 5.48. The van der Waals surface area contributed by atoms with Crippen LogP contribution >= 0.6 is 0 Å². The van der Waals surface area contributed by atoms with Gasteiger partial charge < -0.3 is 5.73 Å². The van der Waals surface area contributed by atoms with Gasteiger partial charge in [0.15, 0.2) is 5.78 Å². The molecule has 1 fully saturated rings. The van der Waals surface area contributed by atoms with Gasteiger partial charge in [0.05, 0.1) is 12.1 Å². The van der Waals surface area contributed by atoms with Crippen molar-refractivity contribution in [3.8, 4) is 0 Å². The summed E-state index contributed by atoms with van der Waals surface area (Å²) < 4.78 is 13.4. The molecule has 1 aliphatic carbocycles. The predicted molar refractivity (Wildman–Crippen MR) is 76.4 cm³/mol. The van der Waals surface area contributed by atoms with Crippen molar-refractivity contribution >= 4 is 5.78 Å². The van der Waals surface area contributed by atoms with E-state index in [0.29, 0.717) is 17.8 Å². The molecule has 0 amide bonds. The number of aromatic nitrogens is 2. The van der Waals surface area contributed by atoms with Crippen LogP contribution in [0.5, 0.6) is 0 Å². The number of hydrogen-bond donors (Lipinski definition) is 1. The predicted octanol–water partition coefficient (Wildman–Crippen LogP) is 2.03. The molecule has 108 valence electrons. The lowest BCUT2D eigenvalue weighted by Crippen LogP contribution is -2.16. The van der Waals surface area contributed by atoms with Crippen LogP contribution < -0.4 is 5.73 Å². The second-order valence-electron chi connectivity index (χ2n) is 5.48. The second kappa shape index (κ2) is 5.33. The molecule has 0 aliphatic heterocycles. The van der Waals surface area contributed by atoms with E-state index < -0.39 is 0 Å². The molecule has 1 aromatic heterocycles. The number of ketones is 1. The summed E-state index contributed by atoms with van der Waals surface area (Å²) in [6.07, 6.45) is 5.69. The Morgan fingerprint density at radius 2 is 2.00 bits per heavy atom. The van der Waals surface area contributed by atoms with Crippen LogP contribution in [0.1, 0.15) is 34.6 Å². The minimum Gasteiger partial charge on any atom is -0.324 e. The van der Waals surface area contributed by atoms with Gasteiger partial charge in [-0.05, 0) is 30.5 Å². The van der Waals surface area contributed by atoms with Crippen LogP contribution in [0, 0.1) is 5.82 Å². The van der Waals surface area contributed by atoms with Crippen LogP contribution in [0.2, 0.25) is 0 Å². The van der Waals surface area contributed by atoms with Crippen LogP contribution in [0.15, 0.2) is 36.7 Å². The number of nitrogens with two attached hydrogens (primary N) is 1. The van der Waals surface area contributed by atoms with E-state index >= 15 is 0 Å². The van der Waals surface area contributed by atoms with Crippen LogP contribution in [-0.4, -0.2) is 22.3 Å². The highest BCUT2D eigenvalue weighted by molar-refractivity contribution is 5.96. The molecule has 0 bridgehead atoms. The van der Waals surface area contributed by atoms with E-state index in [-0.39, 0.29) is 23.6 Å². The lowest BCUT2D eigenvalue weighted by atomic mass is 9.92. The maximum Gasteiger partial charge on any atom is 0.179 e. The van der Waals surface area contributed by atoms with Crippen molar-refractivity contribution in [2.45, 2.75) is 24.7 Å². The fourth-order valence-corrected chi connectivity index (χ4v) is 2.55. The minimum absolute atomic E-state index is 0.0457. The lowest BCUT2D eigenvalue weighted by Gasteiger charge is -2.14. The zero-order chi connectivity index (χ0) is 14.9. The van der Waals surface area contributed by atoms with Crippen LogP contribution in [0.25, 0.3) is 0 Å². The van der Waals surface area contributed by atoms with Gasteiger partial charge in [-0.1, -0.05) is 12.1 Å². The third-order valence-electron chi connectivity index (χ3n) is 4.00. The molecule has 0 unspecified atom stereocenters. The summed E-state index contributed by atoms with van der Waals surface area (Å²) in [6.45, 7) is -0.0457. The van der Waals surface area contributed by atoms with Crippen molar-refractivity contribution in [2.24, 2.45) is 5.73 Å². The molecule has 0 radical (unpaired) electrons. The number of hydrogen-bond acceptors (Lipinski definition) is 4. The zero-order valence-electron chi connectivity index (χ0n) is 11.6. The summed E-state index contributed by atoms with van der Waals surface area (Å²) in [5.41, 5.74) is 6.67. The molecule has 1 aliphatic rings. The Kier molecular flexibility index (Phi) is 3.51. The number of nitrogens with zero attached hydrogens (tertiary/aromatic N) is 2. The topological polar surface area (TPSA) is 68.9 Å². The van der Waals surface area contributed by atoms with Gasteiger partial charge in [-0.3, -0.25) is 4.79 Å². The highest BCUT2D eigenvalue weighted by Gasteiger charge is 2.45. The van der Waals surface area contributed by atoms with Crippen molar-refractivity contribution in [3.05, 3.63) is 59.4 Å². The fourth-order valence-electron chi connectivity index (χ4n) is 2.55. The number of halogens is 1. The number of carbonyl (C=O) groups is 1. The molecule has 2 aromatic rings. The highest BCUT2D eigenvalue weighted by Crippen LogP contribution is 2.50. The Bertz CT molecular complexity index is 665. The summed E-state index contributed by atoms with van der Waals surface area (Å²) in [5.74, 6) is 0.279. The maximum atomic E-state index is 13.4. The van der Waals surface area contributed by atoms with Crippen molar-refractivity contribution in [2.75, 3.05) is 6.54 Å². The molecule has 1 heterocycles. The third-order valence-corrected chi connectivity index (χ3v) is 4.00. The summed E-state index contributed by atoms with van der Waals surface area (Å²) in [6, 6.07) is 6.71. The van der Waals surface area contributed by atoms with Gasteiger partial charge in [-0.15, -0.1) is 0 Å². The van der Waals surface area contributed by atoms with Gasteiger partial charge in [0.2, 0.25) is 0 Å². The number of rotatable bonds is 5. The minimum atomic E-state index is -0.219. The van der Waals surface area contributed by atoms with Crippen molar-refractivity contribution < 1.29 is 9.18 Å². The van der Waals surface area contributed by atoms with Crippen LogP contribution in [0.3, 0.4) is 0 Å². The van der Waals surface area contributed by atoms with E-state index in [1.165, 1.54) is 18.5 Å². The first-order chi connectivity index (χ1) is 10.1. The van der Waals surface area contributed by atoms with Gasteiger partial charge >= 0.3 is 0 Å². The van der Waals surface area contributed by atoms with E-state index in [9.17, 15) is 9.18 Å². The highest BCUT2D eigenvalue weighted by atomic mass is 19.1.